The topological polar surface area (TPSA) is 0 Å². The molecule has 369 valence electrons. The summed E-state index contributed by atoms with van der Waals surface area (Å²) in [7, 11) is 2.52. The Morgan fingerprint density at radius 2 is 0.708 bits per heavy atom. The fraction of sp³-hybridized carbons (Fsp3) is 0.719. The monoisotopic (exact) mass is 890 g/mol. The standard InChI is InChI=1S/C25H40.C18H28B.C17H26.4CH4/c1-18-8-12-24(13-9-18)25-14-10-22(11-15-25)6-5-7-23-16-19(2)21(4)20(3)17-23;1-13-5-7-17(8-6-13)11-19-12-18-9-14(2)16(4)15(3)10-18;1-12-5-7-16(8-6-12)11-17-9-13(2)15(4)14(3)10-17;;;;/h16-18,22,24-25H,5-15H2,1-4H3;9-10,13,17H,5-8,11-12H2,1-4H3;9-10,12,16H,5-8,11H2,1-4H3;4*1H4. The van der Waals surface area contributed by atoms with E-state index < -0.39 is 0 Å². The van der Waals surface area contributed by atoms with E-state index in [1.54, 1.807) is 11.1 Å². The van der Waals surface area contributed by atoms with Crippen LogP contribution >= 0.6 is 0 Å². The highest BCUT2D eigenvalue weighted by atomic mass is 14.4. The summed E-state index contributed by atoms with van der Waals surface area (Å²) >= 11 is 0. The lowest BCUT2D eigenvalue weighted by molar-refractivity contribution is 0.147. The minimum absolute atomic E-state index is 0. The van der Waals surface area contributed by atoms with Crippen molar-refractivity contribution < 1.29 is 0 Å². The van der Waals surface area contributed by atoms with Crippen molar-refractivity contribution in [2.24, 2.45) is 47.3 Å². The third-order valence-corrected chi connectivity index (χ3v) is 17.3. The fourth-order valence-electron chi connectivity index (χ4n) is 12.0. The van der Waals surface area contributed by atoms with Crippen LogP contribution in [0.2, 0.25) is 6.32 Å². The van der Waals surface area contributed by atoms with Crippen molar-refractivity contribution in [2.45, 2.75) is 254 Å². The molecule has 0 saturated heterocycles. The van der Waals surface area contributed by atoms with E-state index in [9.17, 15) is 0 Å². The highest BCUT2D eigenvalue weighted by molar-refractivity contribution is 6.35. The van der Waals surface area contributed by atoms with Gasteiger partial charge in [-0.15, -0.1) is 0 Å². The molecule has 0 amide bonds. The zero-order valence-corrected chi connectivity index (χ0v) is 42.2. The molecular weight excluding hydrogens is 780 g/mol. The minimum Gasteiger partial charge on any atom is -0.0776 e. The van der Waals surface area contributed by atoms with E-state index >= 15 is 0 Å². The number of hydrogen-bond acceptors (Lipinski definition) is 0. The lowest BCUT2D eigenvalue weighted by atomic mass is 9.62. The first kappa shape index (κ1) is 60.7. The Morgan fingerprint density at radius 1 is 0.385 bits per heavy atom. The molecule has 3 aromatic carbocycles. The van der Waals surface area contributed by atoms with Crippen LogP contribution in [0.3, 0.4) is 0 Å². The molecule has 4 aliphatic rings. The summed E-state index contributed by atoms with van der Waals surface area (Å²) < 4.78 is 0. The SMILES string of the molecule is C.C.C.C.Cc1cc(CC2CCC(C)CC2)cc(C)c1C.Cc1cc(CCCC2CCC(C3CCC(C)CC3)CC2)cc(C)c1C.Cc1cc(C[B]CC2CCC(C)CC2)cc(C)c1C. The summed E-state index contributed by atoms with van der Waals surface area (Å²) in [5.74, 6) is 8.01. The van der Waals surface area contributed by atoms with Crippen LogP contribution in [0.1, 0.15) is 233 Å². The van der Waals surface area contributed by atoms with Crippen LogP contribution in [0, 0.1) is 110 Å². The molecule has 1 radical (unpaired) electrons. The van der Waals surface area contributed by atoms with Crippen LogP contribution in [-0.4, -0.2) is 7.28 Å². The van der Waals surface area contributed by atoms with Crippen molar-refractivity contribution in [2.75, 3.05) is 0 Å². The average Bonchev–Trinajstić information content (AvgIpc) is 3.23. The Hall–Kier alpha value is -2.28. The molecule has 1 heteroatoms. The first-order valence-electron chi connectivity index (χ1n) is 26.2. The quantitative estimate of drug-likeness (QED) is 0.168. The van der Waals surface area contributed by atoms with Crippen LogP contribution < -0.4 is 0 Å². The van der Waals surface area contributed by atoms with Crippen LogP contribution in [0.4, 0.5) is 0 Å². The largest absolute Gasteiger partial charge is 0.115 e. The van der Waals surface area contributed by atoms with Gasteiger partial charge in [0.2, 0.25) is 0 Å². The maximum Gasteiger partial charge on any atom is 0.115 e. The highest BCUT2D eigenvalue weighted by Crippen LogP contribution is 2.42. The van der Waals surface area contributed by atoms with Gasteiger partial charge in [0.15, 0.2) is 0 Å². The van der Waals surface area contributed by atoms with E-state index in [2.05, 4.69) is 127 Å². The lowest BCUT2D eigenvalue weighted by Gasteiger charge is -2.37. The molecule has 0 spiro atoms. The number of rotatable bonds is 11. The second-order valence-corrected chi connectivity index (χ2v) is 22.4. The normalized spacial score (nSPS) is 25.0. The second-order valence-electron chi connectivity index (χ2n) is 22.4. The molecule has 0 atom stereocenters. The van der Waals surface area contributed by atoms with Gasteiger partial charge < -0.3 is 0 Å². The van der Waals surface area contributed by atoms with Crippen molar-refractivity contribution in [1.29, 1.82) is 0 Å². The van der Waals surface area contributed by atoms with Crippen molar-refractivity contribution in [1.82, 2.24) is 0 Å². The summed E-state index contributed by atoms with van der Waals surface area (Å²) in [6, 6.07) is 14.4. The molecule has 0 aliphatic heterocycles. The maximum absolute atomic E-state index is 2.52. The van der Waals surface area contributed by atoms with Crippen molar-refractivity contribution in [3.8, 4) is 0 Å². The molecule has 3 aromatic rings. The third kappa shape index (κ3) is 19.7. The lowest BCUT2D eigenvalue weighted by Crippen LogP contribution is -2.25. The van der Waals surface area contributed by atoms with Crippen LogP contribution in [0.5, 0.6) is 0 Å². The van der Waals surface area contributed by atoms with E-state index in [1.807, 2.05) is 0 Å². The van der Waals surface area contributed by atoms with Gasteiger partial charge >= 0.3 is 0 Å². The number of aryl methyl sites for hydroxylation is 7. The van der Waals surface area contributed by atoms with Crippen molar-refractivity contribution in [3.63, 3.8) is 0 Å². The minimum atomic E-state index is 0. The summed E-state index contributed by atoms with van der Waals surface area (Å²) in [6.45, 7) is 27.4. The first-order valence-corrected chi connectivity index (χ1v) is 26.2. The summed E-state index contributed by atoms with van der Waals surface area (Å²) in [4.78, 5) is 0. The number of hydrogen-bond donors (Lipinski definition) is 0. The average molecular weight is 890 g/mol. The Labute approximate surface area is 409 Å². The predicted molar refractivity (Wildman–Crippen MR) is 299 cm³/mol. The van der Waals surface area contributed by atoms with Crippen LogP contribution in [-0.2, 0) is 19.2 Å². The zero-order chi connectivity index (χ0) is 44.1. The highest BCUT2D eigenvalue weighted by Gasteiger charge is 2.30. The molecule has 0 unspecified atom stereocenters. The summed E-state index contributed by atoms with van der Waals surface area (Å²) in [5.41, 5.74) is 17.7. The van der Waals surface area contributed by atoms with Gasteiger partial charge in [-0.1, -0.05) is 176 Å². The predicted octanol–water partition coefficient (Wildman–Crippen LogP) is 20.2. The molecule has 0 N–H and O–H groups in total. The van der Waals surface area contributed by atoms with Crippen LogP contribution in [0.25, 0.3) is 0 Å². The van der Waals surface area contributed by atoms with Gasteiger partial charge in [-0.3, -0.25) is 0 Å². The fourth-order valence-corrected chi connectivity index (χ4v) is 12.0. The third-order valence-electron chi connectivity index (χ3n) is 17.3. The Morgan fingerprint density at radius 3 is 1.12 bits per heavy atom. The Kier molecular flexibility index (Phi) is 28.3. The van der Waals surface area contributed by atoms with Gasteiger partial charge in [-0.2, -0.15) is 0 Å². The molecule has 4 fully saturated rings. The smallest absolute Gasteiger partial charge is 0.0776 e. The maximum atomic E-state index is 2.52. The molecule has 65 heavy (non-hydrogen) atoms. The Balaban J connectivity index is 0.000000483. The zero-order valence-electron chi connectivity index (χ0n) is 42.2. The molecule has 0 nitrogen and oxygen atoms in total. The summed E-state index contributed by atoms with van der Waals surface area (Å²) in [6.07, 6.45) is 31.6. The van der Waals surface area contributed by atoms with Crippen molar-refractivity contribution >= 4 is 7.28 Å². The van der Waals surface area contributed by atoms with Crippen LogP contribution in [0.15, 0.2) is 36.4 Å². The van der Waals surface area contributed by atoms with E-state index in [0.717, 1.165) is 53.7 Å². The number of benzene rings is 3. The Bertz CT molecular complexity index is 1680. The molecule has 4 saturated carbocycles. The summed E-state index contributed by atoms with van der Waals surface area (Å²) in [5, 5.41) is 0. The van der Waals surface area contributed by atoms with Gasteiger partial charge in [0, 0.05) is 0 Å². The van der Waals surface area contributed by atoms with Gasteiger partial charge in [0.05, 0.1) is 0 Å². The van der Waals surface area contributed by atoms with Gasteiger partial charge in [0.25, 0.3) is 0 Å². The molecule has 4 aliphatic carbocycles. The second kappa shape index (κ2) is 30.3. The molecule has 0 bridgehead atoms. The van der Waals surface area contributed by atoms with Crippen molar-refractivity contribution in [3.05, 3.63) is 103 Å². The van der Waals surface area contributed by atoms with E-state index in [0.29, 0.717) is 0 Å². The van der Waals surface area contributed by atoms with Gasteiger partial charge in [-0.05, 0) is 229 Å². The van der Waals surface area contributed by atoms with Gasteiger partial charge in [0.1, 0.15) is 7.28 Å². The molecule has 7 rings (SSSR count). The molecular formula is C64H110B. The first-order chi connectivity index (χ1) is 29.1. The van der Waals surface area contributed by atoms with Gasteiger partial charge in [-0.25, -0.2) is 0 Å². The van der Waals surface area contributed by atoms with E-state index in [1.165, 1.54) is 190 Å². The molecule has 0 heterocycles. The molecule has 0 aromatic heterocycles. The van der Waals surface area contributed by atoms with E-state index in [4.69, 9.17) is 0 Å². The van der Waals surface area contributed by atoms with E-state index in [-0.39, 0.29) is 29.7 Å².